The van der Waals surface area contributed by atoms with E-state index in [0.29, 0.717) is 16.3 Å². The van der Waals surface area contributed by atoms with E-state index < -0.39 is 5.82 Å². The van der Waals surface area contributed by atoms with Gasteiger partial charge in [-0.3, -0.25) is 4.79 Å². The summed E-state index contributed by atoms with van der Waals surface area (Å²) in [7, 11) is 0. The number of nitriles is 1. The zero-order valence-corrected chi connectivity index (χ0v) is 15.8. The summed E-state index contributed by atoms with van der Waals surface area (Å²) >= 11 is 6.25. The van der Waals surface area contributed by atoms with Gasteiger partial charge in [0.2, 0.25) is 0 Å². The molecule has 1 heterocycles. The van der Waals surface area contributed by atoms with E-state index in [1.807, 2.05) is 25.1 Å². The number of hydrogen-bond donors (Lipinski definition) is 1. The Hall–Kier alpha value is -3.17. The van der Waals surface area contributed by atoms with Gasteiger partial charge >= 0.3 is 0 Å². The van der Waals surface area contributed by atoms with Gasteiger partial charge in [0.15, 0.2) is 0 Å². The van der Waals surface area contributed by atoms with Gasteiger partial charge in [0.1, 0.15) is 11.9 Å². The molecule has 1 amide bonds. The van der Waals surface area contributed by atoms with E-state index in [9.17, 15) is 9.18 Å². The maximum atomic E-state index is 13.5. The first kappa shape index (κ1) is 18.2. The molecule has 1 saturated carbocycles. The summed E-state index contributed by atoms with van der Waals surface area (Å²) < 4.78 is 15.3. The fraction of sp³-hybridized carbons (Fsp3) is 0.190. The average Bonchev–Trinajstić information content (AvgIpc) is 3.43. The van der Waals surface area contributed by atoms with Crippen LogP contribution in [0.4, 0.5) is 10.1 Å². The molecule has 4 rings (SSSR count). The van der Waals surface area contributed by atoms with Crippen molar-refractivity contribution in [2.75, 3.05) is 5.32 Å². The number of anilines is 1. The van der Waals surface area contributed by atoms with Crippen molar-refractivity contribution in [1.82, 2.24) is 9.78 Å². The summed E-state index contributed by atoms with van der Waals surface area (Å²) in [4.78, 5) is 12.9. The van der Waals surface area contributed by atoms with E-state index in [4.69, 9.17) is 16.9 Å². The highest BCUT2D eigenvalue weighted by Crippen LogP contribution is 2.42. The van der Waals surface area contributed by atoms with Crippen molar-refractivity contribution in [2.24, 2.45) is 0 Å². The number of carbonyl (C=O) groups excluding carboxylic acids is 1. The minimum atomic E-state index is -0.622. The molecule has 1 N–H and O–H groups in total. The Labute approximate surface area is 166 Å². The maximum absolute atomic E-state index is 13.5. The molecule has 0 bridgehead atoms. The highest BCUT2D eigenvalue weighted by molar-refractivity contribution is 6.31. The molecule has 3 aromatic rings. The number of amides is 1. The Kier molecular flexibility index (Phi) is 4.62. The third-order valence-corrected chi connectivity index (χ3v) is 5.17. The minimum Gasteiger partial charge on any atom is -0.322 e. The van der Waals surface area contributed by atoms with E-state index in [1.54, 1.807) is 10.8 Å². The number of aryl methyl sites for hydroxylation is 1. The Morgan fingerprint density at radius 1 is 1.32 bits per heavy atom. The second-order valence-electron chi connectivity index (χ2n) is 6.82. The maximum Gasteiger partial charge on any atom is 0.259 e. The highest BCUT2D eigenvalue weighted by atomic mass is 35.5. The zero-order valence-electron chi connectivity index (χ0n) is 15.0. The first-order chi connectivity index (χ1) is 13.5. The predicted octanol–water partition coefficient (Wildman–Crippen LogP) is 4.97. The fourth-order valence-electron chi connectivity index (χ4n) is 3.09. The van der Waals surface area contributed by atoms with Crippen molar-refractivity contribution in [3.05, 3.63) is 75.8 Å². The molecule has 0 unspecified atom stereocenters. The number of carbonyl (C=O) groups is 1. The topological polar surface area (TPSA) is 70.7 Å². The van der Waals surface area contributed by atoms with Crippen molar-refractivity contribution in [3.63, 3.8) is 0 Å². The van der Waals surface area contributed by atoms with Crippen molar-refractivity contribution < 1.29 is 9.18 Å². The van der Waals surface area contributed by atoms with Crippen LogP contribution in [0.2, 0.25) is 5.02 Å². The molecule has 140 valence electrons. The number of halogens is 2. The third-order valence-electron chi connectivity index (χ3n) is 4.76. The number of hydrogen-bond acceptors (Lipinski definition) is 3. The standard InChI is InChI=1S/C21H16ClFN4O/c1-12-2-6-16(9-18(12)22)27-20(13-3-4-13)17(11-25-27)21(28)26-15-5-7-19(23)14(8-15)10-24/h2,5-9,11,13H,3-4H2,1H3,(H,26,28). The van der Waals surface area contributed by atoms with E-state index in [1.165, 1.54) is 18.3 Å². The molecule has 1 fully saturated rings. The van der Waals surface area contributed by atoms with E-state index >= 15 is 0 Å². The van der Waals surface area contributed by atoms with Crippen LogP contribution in [-0.2, 0) is 0 Å². The van der Waals surface area contributed by atoms with E-state index in [2.05, 4.69) is 10.4 Å². The normalized spacial score (nSPS) is 13.2. The predicted molar refractivity (Wildman–Crippen MR) is 104 cm³/mol. The van der Waals surface area contributed by atoms with Crippen LogP contribution in [0, 0.1) is 24.1 Å². The Morgan fingerprint density at radius 3 is 2.79 bits per heavy atom. The van der Waals surface area contributed by atoms with Crippen LogP contribution < -0.4 is 5.32 Å². The lowest BCUT2D eigenvalue weighted by molar-refractivity contribution is 0.102. The minimum absolute atomic E-state index is 0.120. The first-order valence-corrected chi connectivity index (χ1v) is 9.21. The molecular formula is C21H16ClFN4O. The summed E-state index contributed by atoms with van der Waals surface area (Å²) in [5, 5.41) is 16.7. The number of rotatable bonds is 4. The van der Waals surface area contributed by atoms with Gasteiger partial charge in [-0.1, -0.05) is 17.7 Å². The Bertz CT molecular complexity index is 1130. The molecule has 0 atom stereocenters. The molecule has 0 saturated heterocycles. The molecule has 1 aliphatic rings. The van der Waals surface area contributed by atoms with Gasteiger partial charge < -0.3 is 5.32 Å². The van der Waals surface area contributed by atoms with Gasteiger partial charge in [-0.15, -0.1) is 0 Å². The van der Waals surface area contributed by atoms with Gasteiger partial charge in [0, 0.05) is 16.6 Å². The second kappa shape index (κ2) is 7.10. The largest absolute Gasteiger partial charge is 0.322 e. The second-order valence-corrected chi connectivity index (χ2v) is 7.23. The average molecular weight is 395 g/mol. The molecule has 0 aliphatic heterocycles. The Morgan fingerprint density at radius 2 is 2.11 bits per heavy atom. The summed E-state index contributed by atoms with van der Waals surface area (Å²) in [6.07, 6.45) is 3.51. The lowest BCUT2D eigenvalue weighted by atomic mass is 10.1. The smallest absolute Gasteiger partial charge is 0.259 e. The molecule has 0 spiro atoms. The lowest BCUT2D eigenvalue weighted by Gasteiger charge is -2.11. The lowest BCUT2D eigenvalue weighted by Crippen LogP contribution is -2.14. The number of aromatic nitrogens is 2. The van der Waals surface area contributed by atoms with Crippen LogP contribution in [0.15, 0.2) is 42.6 Å². The first-order valence-electron chi connectivity index (χ1n) is 8.83. The third kappa shape index (κ3) is 3.37. The van der Waals surface area contributed by atoms with E-state index in [-0.39, 0.29) is 17.4 Å². The summed E-state index contributed by atoms with van der Waals surface area (Å²) in [5.41, 5.74) is 3.29. The van der Waals surface area contributed by atoms with Crippen LogP contribution in [-0.4, -0.2) is 15.7 Å². The van der Waals surface area contributed by atoms with Crippen LogP contribution in [0.3, 0.4) is 0 Å². The molecule has 7 heteroatoms. The molecule has 5 nitrogen and oxygen atoms in total. The molecule has 2 aromatic carbocycles. The number of nitrogens with zero attached hydrogens (tertiary/aromatic N) is 3. The van der Waals surface area contributed by atoms with Gasteiger partial charge in [0.05, 0.1) is 28.7 Å². The van der Waals surface area contributed by atoms with E-state index in [0.717, 1.165) is 35.9 Å². The van der Waals surface area contributed by atoms with Gasteiger partial charge in [-0.25, -0.2) is 9.07 Å². The monoisotopic (exact) mass is 394 g/mol. The zero-order chi connectivity index (χ0) is 19.8. The van der Waals surface area contributed by atoms with Crippen LogP contribution >= 0.6 is 11.6 Å². The molecule has 0 radical (unpaired) electrons. The van der Waals surface area contributed by atoms with Gasteiger partial charge in [-0.2, -0.15) is 10.4 Å². The fourth-order valence-corrected chi connectivity index (χ4v) is 3.26. The summed E-state index contributed by atoms with van der Waals surface area (Å²) in [6, 6.07) is 11.3. The van der Waals surface area contributed by atoms with Gasteiger partial charge in [-0.05, 0) is 55.7 Å². The SMILES string of the molecule is Cc1ccc(-n2ncc(C(=O)Nc3ccc(F)c(C#N)c3)c2C2CC2)cc1Cl. The van der Waals surface area contributed by atoms with Crippen molar-refractivity contribution in [3.8, 4) is 11.8 Å². The van der Waals surface area contributed by atoms with Crippen molar-refractivity contribution in [1.29, 1.82) is 5.26 Å². The number of benzene rings is 2. The highest BCUT2D eigenvalue weighted by Gasteiger charge is 2.33. The molecule has 28 heavy (non-hydrogen) atoms. The quantitative estimate of drug-likeness (QED) is 0.678. The summed E-state index contributed by atoms with van der Waals surface area (Å²) in [6.45, 7) is 1.92. The van der Waals surface area contributed by atoms with Crippen LogP contribution in [0.25, 0.3) is 5.69 Å². The van der Waals surface area contributed by atoms with Crippen molar-refractivity contribution in [2.45, 2.75) is 25.7 Å². The van der Waals surface area contributed by atoms with Crippen molar-refractivity contribution >= 4 is 23.2 Å². The number of nitrogens with one attached hydrogen (secondary N) is 1. The molecular weight excluding hydrogens is 379 g/mol. The molecule has 1 aliphatic carbocycles. The van der Waals surface area contributed by atoms with Crippen LogP contribution in [0.5, 0.6) is 0 Å². The van der Waals surface area contributed by atoms with Crippen LogP contribution in [0.1, 0.15) is 45.9 Å². The molecule has 1 aromatic heterocycles. The summed E-state index contributed by atoms with van der Waals surface area (Å²) in [5.74, 6) is -0.712. The van der Waals surface area contributed by atoms with Gasteiger partial charge in [0.25, 0.3) is 5.91 Å². The Balaban J connectivity index is 1.68.